The predicted molar refractivity (Wildman–Crippen MR) is 47.7 cm³/mol. The highest BCUT2D eigenvalue weighted by molar-refractivity contribution is 5.35. The van der Waals surface area contributed by atoms with Crippen LogP contribution in [0.1, 0.15) is 5.56 Å². The van der Waals surface area contributed by atoms with Crippen molar-refractivity contribution in [2.75, 3.05) is 0 Å². The first kappa shape index (κ1) is 9.18. The van der Waals surface area contributed by atoms with Crippen LogP contribution in [0, 0.1) is 11.3 Å². The van der Waals surface area contributed by atoms with Crippen molar-refractivity contribution in [3.63, 3.8) is 0 Å². The minimum absolute atomic E-state index is 0.465. The molecule has 0 heterocycles. The molecule has 0 aromatic heterocycles. The Hall–Kier alpha value is -1.91. The topological polar surface area (TPSA) is 53.2 Å². The van der Waals surface area contributed by atoms with Crippen LogP contribution in [0.2, 0.25) is 0 Å². The van der Waals surface area contributed by atoms with Gasteiger partial charge in [0.25, 0.3) is 0 Å². The van der Waals surface area contributed by atoms with Crippen molar-refractivity contribution < 1.29 is 4.79 Å². The molecule has 0 fully saturated rings. The molecule has 0 spiro atoms. The third-order valence-electron chi connectivity index (χ3n) is 1.63. The van der Waals surface area contributed by atoms with Crippen LogP contribution in [0.4, 0.5) is 0 Å². The van der Waals surface area contributed by atoms with E-state index in [1.54, 1.807) is 0 Å². The third kappa shape index (κ3) is 2.90. The van der Waals surface area contributed by atoms with E-state index in [2.05, 4.69) is 4.99 Å². The molecule has 0 saturated heterocycles. The number of benzene rings is 1. The molecule has 1 atom stereocenters. The lowest BCUT2D eigenvalue weighted by molar-refractivity contribution is 0.560. The van der Waals surface area contributed by atoms with Crippen LogP contribution in [0.5, 0.6) is 0 Å². The van der Waals surface area contributed by atoms with Crippen LogP contribution in [-0.2, 0) is 11.2 Å². The number of hydrogen-bond acceptors (Lipinski definition) is 3. The fourth-order valence-corrected chi connectivity index (χ4v) is 1.02. The lowest BCUT2D eigenvalue weighted by atomic mass is 10.1. The van der Waals surface area contributed by atoms with Gasteiger partial charge in [-0.25, -0.2) is 4.79 Å². The molecule has 1 unspecified atom stereocenters. The molecule has 0 N–H and O–H groups in total. The lowest BCUT2D eigenvalue weighted by Crippen LogP contribution is -2.04. The molecule has 0 saturated carbocycles. The molecular formula is C10H8N2O. The number of carbonyl (C=O) groups excluding carboxylic acids is 1. The van der Waals surface area contributed by atoms with E-state index in [4.69, 9.17) is 5.26 Å². The van der Waals surface area contributed by atoms with Crippen molar-refractivity contribution in [2.45, 2.75) is 12.5 Å². The summed E-state index contributed by atoms with van der Waals surface area (Å²) >= 11 is 0. The molecule has 0 bridgehead atoms. The van der Waals surface area contributed by atoms with Crippen LogP contribution in [0.15, 0.2) is 35.3 Å². The van der Waals surface area contributed by atoms with Gasteiger partial charge in [0.1, 0.15) is 0 Å². The normalized spacial score (nSPS) is 11.0. The molecule has 13 heavy (non-hydrogen) atoms. The monoisotopic (exact) mass is 172 g/mol. The van der Waals surface area contributed by atoms with Gasteiger partial charge in [-0.1, -0.05) is 30.3 Å². The Bertz CT molecular complexity index is 347. The first-order valence-electron chi connectivity index (χ1n) is 3.87. The van der Waals surface area contributed by atoms with Gasteiger partial charge in [0, 0.05) is 6.42 Å². The zero-order valence-electron chi connectivity index (χ0n) is 6.97. The predicted octanol–water partition coefficient (Wildman–Crippen LogP) is 1.46. The summed E-state index contributed by atoms with van der Waals surface area (Å²) in [7, 11) is 0. The van der Waals surface area contributed by atoms with E-state index in [0.717, 1.165) is 5.56 Å². The van der Waals surface area contributed by atoms with Gasteiger partial charge in [0.2, 0.25) is 6.08 Å². The molecule has 3 nitrogen and oxygen atoms in total. The summed E-state index contributed by atoms with van der Waals surface area (Å²) in [6, 6.07) is 10.8. The van der Waals surface area contributed by atoms with Gasteiger partial charge in [-0.15, -0.1) is 0 Å². The standard InChI is InChI=1S/C10H8N2O/c11-7-10(12-8-13)6-9-4-2-1-3-5-9/h1-5,10H,6H2. The van der Waals surface area contributed by atoms with E-state index >= 15 is 0 Å². The third-order valence-corrected chi connectivity index (χ3v) is 1.63. The smallest absolute Gasteiger partial charge is 0.211 e. The van der Waals surface area contributed by atoms with Crippen LogP contribution >= 0.6 is 0 Å². The minimum Gasteiger partial charge on any atom is -0.211 e. The van der Waals surface area contributed by atoms with Crippen molar-refractivity contribution >= 4 is 6.08 Å². The molecule has 3 heteroatoms. The fraction of sp³-hybridized carbons (Fsp3) is 0.200. The van der Waals surface area contributed by atoms with E-state index < -0.39 is 6.04 Å². The van der Waals surface area contributed by atoms with Crippen LogP contribution < -0.4 is 0 Å². The second kappa shape index (κ2) is 4.87. The number of aliphatic imine (C=N–C) groups is 1. The molecule has 1 aromatic rings. The van der Waals surface area contributed by atoms with E-state index in [9.17, 15) is 4.79 Å². The molecular weight excluding hydrogens is 164 g/mol. The van der Waals surface area contributed by atoms with Crippen LogP contribution in [-0.4, -0.2) is 12.1 Å². The first-order valence-corrected chi connectivity index (χ1v) is 3.87. The molecule has 64 valence electrons. The summed E-state index contributed by atoms with van der Waals surface area (Å²) in [4.78, 5) is 13.3. The Labute approximate surface area is 76.3 Å². The molecule has 1 rings (SSSR count). The van der Waals surface area contributed by atoms with Gasteiger partial charge in [-0.2, -0.15) is 10.3 Å². The summed E-state index contributed by atoms with van der Waals surface area (Å²) in [6.45, 7) is 0. The Kier molecular flexibility index (Phi) is 3.44. The van der Waals surface area contributed by atoms with Crippen molar-refractivity contribution in [1.82, 2.24) is 0 Å². The SMILES string of the molecule is N#CC(Cc1ccccc1)N=C=O. The van der Waals surface area contributed by atoms with E-state index in [-0.39, 0.29) is 0 Å². The maximum atomic E-state index is 9.92. The highest BCUT2D eigenvalue weighted by Gasteiger charge is 2.04. The summed E-state index contributed by atoms with van der Waals surface area (Å²) in [5.74, 6) is 0. The molecule has 0 aliphatic rings. The Morgan fingerprint density at radius 1 is 1.38 bits per heavy atom. The highest BCUT2D eigenvalue weighted by atomic mass is 16.1. The molecule has 0 radical (unpaired) electrons. The maximum Gasteiger partial charge on any atom is 0.236 e. The Balaban J connectivity index is 2.69. The minimum atomic E-state index is -0.611. The first-order chi connectivity index (χ1) is 6.36. The molecule has 0 aliphatic carbocycles. The quantitative estimate of drug-likeness (QED) is 0.512. The highest BCUT2D eigenvalue weighted by Crippen LogP contribution is 2.04. The van der Waals surface area contributed by atoms with Gasteiger partial charge in [-0.05, 0) is 5.56 Å². The number of nitriles is 1. The summed E-state index contributed by atoms with van der Waals surface area (Å²) in [5, 5.41) is 8.60. The lowest BCUT2D eigenvalue weighted by Gasteiger charge is -2.00. The van der Waals surface area contributed by atoms with E-state index in [1.807, 2.05) is 36.4 Å². The van der Waals surface area contributed by atoms with Crippen molar-refractivity contribution in [1.29, 1.82) is 5.26 Å². The van der Waals surface area contributed by atoms with E-state index in [1.165, 1.54) is 6.08 Å². The molecule has 0 aliphatic heterocycles. The Morgan fingerprint density at radius 3 is 2.62 bits per heavy atom. The van der Waals surface area contributed by atoms with Gasteiger partial charge in [-0.3, -0.25) is 0 Å². The molecule has 1 aromatic carbocycles. The van der Waals surface area contributed by atoms with Crippen LogP contribution in [0.25, 0.3) is 0 Å². The fourth-order valence-electron chi connectivity index (χ4n) is 1.02. The second-order valence-corrected chi connectivity index (χ2v) is 2.56. The summed E-state index contributed by atoms with van der Waals surface area (Å²) in [6.07, 6.45) is 1.86. The Morgan fingerprint density at radius 2 is 2.08 bits per heavy atom. The van der Waals surface area contributed by atoms with Crippen molar-refractivity contribution in [2.24, 2.45) is 4.99 Å². The largest absolute Gasteiger partial charge is 0.236 e. The average Bonchev–Trinajstić information content (AvgIpc) is 2.19. The van der Waals surface area contributed by atoms with Gasteiger partial charge in [0.15, 0.2) is 6.04 Å². The zero-order chi connectivity index (χ0) is 9.52. The number of nitrogens with zero attached hydrogens (tertiary/aromatic N) is 2. The van der Waals surface area contributed by atoms with Gasteiger partial charge >= 0.3 is 0 Å². The second-order valence-electron chi connectivity index (χ2n) is 2.56. The molecule has 0 amide bonds. The number of hydrogen-bond donors (Lipinski definition) is 0. The summed E-state index contributed by atoms with van der Waals surface area (Å²) in [5.41, 5.74) is 0.994. The van der Waals surface area contributed by atoms with Crippen molar-refractivity contribution in [3.05, 3.63) is 35.9 Å². The van der Waals surface area contributed by atoms with Crippen molar-refractivity contribution in [3.8, 4) is 6.07 Å². The maximum absolute atomic E-state index is 9.92. The van der Waals surface area contributed by atoms with Gasteiger partial charge < -0.3 is 0 Å². The van der Waals surface area contributed by atoms with E-state index in [0.29, 0.717) is 6.42 Å². The number of rotatable bonds is 3. The van der Waals surface area contributed by atoms with Crippen LogP contribution in [0.3, 0.4) is 0 Å². The van der Waals surface area contributed by atoms with Gasteiger partial charge in [0.05, 0.1) is 6.07 Å². The number of isocyanates is 1. The zero-order valence-corrected chi connectivity index (χ0v) is 6.97. The average molecular weight is 172 g/mol. The summed E-state index contributed by atoms with van der Waals surface area (Å²) < 4.78 is 0.